The number of esters is 1. The number of nitrogens with one attached hydrogen (secondary N) is 1. The highest BCUT2D eigenvalue weighted by atomic mass is 32.2. The minimum absolute atomic E-state index is 0.0664. The van der Waals surface area contributed by atoms with E-state index in [2.05, 4.69) is 9.62 Å². The van der Waals surface area contributed by atoms with Crippen LogP contribution in [0.15, 0.2) is 29.2 Å². The van der Waals surface area contributed by atoms with Gasteiger partial charge in [0, 0.05) is 19.6 Å². The number of rotatable bonds is 8. The molecule has 8 heteroatoms. The van der Waals surface area contributed by atoms with Crippen LogP contribution in [0.5, 0.6) is 0 Å². The number of hydrogen-bond acceptors (Lipinski definition) is 6. The van der Waals surface area contributed by atoms with E-state index in [0.29, 0.717) is 13.0 Å². The fraction of sp³-hybridized carbons (Fsp3) is 0.611. The van der Waals surface area contributed by atoms with E-state index >= 15 is 0 Å². The molecule has 1 heterocycles. The van der Waals surface area contributed by atoms with Gasteiger partial charge in [0.2, 0.25) is 10.0 Å². The average Bonchev–Trinajstić information content (AvgIpc) is 2.58. The summed E-state index contributed by atoms with van der Waals surface area (Å²) in [6, 6.07) is 5.89. The lowest BCUT2D eigenvalue weighted by atomic mass is 10.2. The first kappa shape index (κ1) is 20.8. The fourth-order valence-corrected chi connectivity index (χ4v) is 4.18. The van der Waals surface area contributed by atoms with Gasteiger partial charge in [-0.1, -0.05) is 6.07 Å². The zero-order valence-electron chi connectivity index (χ0n) is 15.6. The van der Waals surface area contributed by atoms with Gasteiger partial charge in [-0.3, -0.25) is 4.90 Å². The van der Waals surface area contributed by atoms with Crippen LogP contribution in [-0.2, 0) is 19.5 Å². The Bertz CT molecular complexity index is 697. The highest BCUT2D eigenvalue weighted by Gasteiger charge is 2.22. The van der Waals surface area contributed by atoms with Gasteiger partial charge in [0.1, 0.15) is 0 Å². The minimum Gasteiger partial charge on any atom is -0.462 e. The van der Waals surface area contributed by atoms with E-state index in [4.69, 9.17) is 9.47 Å². The van der Waals surface area contributed by atoms with Crippen LogP contribution in [0, 0.1) is 0 Å². The van der Waals surface area contributed by atoms with Crippen molar-refractivity contribution in [2.45, 2.75) is 44.3 Å². The largest absolute Gasteiger partial charge is 0.462 e. The molecule has 1 N–H and O–H groups in total. The Balaban J connectivity index is 1.87. The zero-order valence-corrected chi connectivity index (χ0v) is 16.4. The molecule has 0 radical (unpaired) electrons. The van der Waals surface area contributed by atoms with E-state index in [0.717, 1.165) is 19.6 Å². The second-order valence-electron chi connectivity index (χ2n) is 6.52. The first-order chi connectivity index (χ1) is 12.3. The number of carbonyl (C=O) groups is 1. The van der Waals surface area contributed by atoms with E-state index in [1.54, 1.807) is 6.92 Å². The van der Waals surface area contributed by atoms with E-state index in [1.807, 2.05) is 13.8 Å². The van der Waals surface area contributed by atoms with Crippen molar-refractivity contribution < 1.29 is 22.7 Å². The molecule has 1 aromatic rings. The molecule has 1 fully saturated rings. The van der Waals surface area contributed by atoms with Gasteiger partial charge in [-0.2, -0.15) is 0 Å². The molecule has 1 aliphatic rings. The predicted molar refractivity (Wildman–Crippen MR) is 98.7 cm³/mol. The molecule has 2 rings (SSSR count). The molecular weight excluding hydrogens is 356 g/mol. The molecule has 0 amide bonds. The van der Waals surface area contributed by atoms with Crippen molar-refractivity contribution in [2.24, 2.45) is 0 Å². The quantitative estimate of drug-likeness (QED) is 0.542. The van der Waals surface area contributed by atoms with Crippen molar-refractivity contribution in [3.8, 4) is 0 Å². The third kappa shape index (κ3) is 6.05. The topological polar surface area (TPSA) is 84.9 Å². The van der Waals surface area contributed by atoms with Crippen LogP contribution in [-0.4, -0.2) is 64.3 Å². The zero-order chi connectivity index (χ0) is 19.2. The third-order valence-corrected chi connectivity index (χ3v) is 5.55. The number of carbonyl (C=O) groups excluding carboxylic acids is 1. The van der Waals surface area contributed by atoms with Crippen LogP contribution in [0.2, 0.25) is 0 Å². The highest BCUT2D eigenvalue weighted by molar-refractivity contribution is 7.89. The molecule has 1 aromatic carbocycles. The van der Waals surface area contributed by atoms with Gasteiger partial charge < -0.3 is 9.47 Å². The lowest BCUT2D eigenvalue weighted by molar-refractivity contribution is -0.0679. The first-order valence-corrected chi connectivity index (χ1v) is 10.4. The van der Waals surface area contributed by atoms with E-state index < -0.39 is 16.0 Å². The number of hydrogen-bond donors (Lipinski definition) is 1. The molecule has 1 saturated heterocycles. The maximum absolute atomic E-state index is 12.4. The summed E-state index contributed by atoms with van der Waals surface area (Å²) in [7, 11) is -3.66. The van der Waals surface area contributed by atoms with Crippen LogP contribution in [0.4, 0.5) is 0 Å². The van der Waals surface area contributed by atoms with Gasteiger partial charge in [-0.15, -0.1) is 0 Å². The molecule has 26 heavy (non-hydrogen) atoms. The summed E-state index contributed by atoms with van der Waals surface area (Å²) in [5, 5.41) is 0. The molecule has 2 atom stereocenters. The number of benzene rings is 1. The molecule has 1 aliphatic heterocycles. The second kappa shape index (κ2) is 9.45. The molecule has 7 nitrogen and oxygen atoms in total. The minimum atomic E-state index is -3.66. The monoisotopic (exact) mass is 384 g/mol. The van der Waals surface area contributed by atoms with Gasteiger partial charge in [0.05, 0.1) is 29.3 Å². The van der Waals surface area contributed by atoms with Crippen molar-refractivity contribution in [3.63, 3.8) is 0 Å². The maximum Gasteiger partial charge on any atom is 0.338 e. The molecule has 0 spiro atoms. The first-order valence-electron chi connectivity index (χ1n) is 8.96. The average molecular weight is 384 g/mol. The van der Waals surface area contributed by atoms with E-state index in [1.165, 1.54) is 24.3 Å². The van der Waals surface area contributed by atoms with Crippen LogP contribution < -0.4 is 4.72 Å². The van der Waals surface area contributed by atoms with Crippen molar-refractivity contribution in [2.75, 3.05) is 32.8 Å². The lowest BCUT2D eigenvalue weighted by Crippen LogP contribution is -2.46. The van der Waals surface area contributed by atoms with Crippen molar-refractivity contribution in [3.05, 3.63) is 29.8 Å². The van der Waals surface area contributed by atoms with Crippen molar-refractivity contribution in [1.82, 2.24) is 9.62 Å². The van der Waals surface area contributed by atoms with E-state index in [9.17, 15) is 13.2 Å². The maximum atomic E-state index is 12.4. The Morgan fingerprint density at radius 1 is 1.31 bits per heavy atom. The smallest absolute Gasteiger partial charge is 0.338 e. The summed E-state index contributed by atoms with van der Waals surface area (Å²) in [4.78, 5) is 14.1. The fourth-order valence-electron chi connectivity index (χ4n) is 3.06. The van der Waals surface area contributed by atoms with Gasteiger partial charge in [-0.25, -0.2) is 17.9 Å². The summed E-state index contributed by atoms with van der Waals surface area (Å²) >= 11 is 0. The number of ether oxygens (including phenoxy) is 2. The molecular formula is C18H28N2O5S. The summed E-state index contributed by atoms with van der Waals surface area (Å²) < 4.78 is 38.0. The standard InChI is InChI=1S/C18H28N2O5S/c1-4-24-18(21)16-7-5-8-17(11-16)26(22,23)19-9-6-10-20-12-14(2)25-15(3)13-20/h5,7-8,11,14-15,19H,4,6,9-10,12-13H2,1-3H3. The normalized spacial score (nSPS) is 21.5. The summed E-state index contributed by atoms with van der Waals surface area (Å²) in [5.74, 6) is -0.528. The Morgan fingerprint density at radius 2 is 2.00 bits per heavy atom. The van der Waals surface area contributed by atoms with Gasteiger partial charge in [-0.05, 0) is 51.9 Å². The summed E-state index contributed by atoms with van der Waals surface area (Å²) in [6.07, 6.45) is 1.10. The Hall–Kier alpha value is -1.48. The van der Waals surface area contributed by atoms with Gasteiger partial charge in [0.25, 0.3) is 0 Å². The van der Waals surface area contributed by atoms with E-state index in [-0.39, 0.29) is 29.3 Å². The van der Waals surface area contributed by atoms with Crippen molar-refractivity contribution in [1.29, 1.82) is 0 Å². The Labute approximate surface area is 155 Å². The van der Waals surface area contributed by atoms with Crippen molar-refractivity contribution >= 4 is 16.0 Å². The Kier molecular flexibility index (Phi) is 7.57. The van der Waals surface area contributed by atoms with Gasteiger partial charge >= 0.3 is 5.97 Å². The number of nitrogens with zero attached hydrogens (tertiary/aromatic N) is 1. The molecule has 2 unspecified atom stereocenters. The Morgan fingerprint density at radius 3 is 2.65 bits per heavy atom. The summed E-state index contributed by atoms with van der Waals surface area (Å²) in [6.45, 7) is 8.90. The highest BCUT2D eigenvalue weighted by Crippen LogP contribution is 2.13. The lowest BCUT2D eigenvalue weighted by Gasteiger charge is -2.35. The molecule has 0 aliphatic carbocycles. The van der Waals surface area contributed by atoms with Gasteiger partial charge in [0.15, 0.2) is 0 Å². The predicted octanol–water partition coefficient (Wildman–Crippen LogP) is 1.64. The number of morpholine rings is 1. The van der Waals surface area contributed by atoms with Crippen LogP contribution in [0.25, 0.3) is 0 Å². The number of sulfonamides is 1. The second-order valence-corrected chi connectivity index (χ2v) is 8.28. The molecule has 0 saturated carbocycles. The van der Waals surface area contributed by atoms with Crippen LogP contribution >= 0.6 is 0 Å². The molecule has 0 bridgehead atoms. The SMILES string of the molecule is CCOC(=O)c1cccc(S(=O)(=O)NCCCN2CC(C)OC(C)C2)c1. The molecule has 0 aromatic heterocycles. The molecule has 146 valence electrons. The third-order valence-electron chi connectivity index (χ3n) is 4.09. The van der Waals surface area contributed by atoms with Crippen LogP contribution in [0.3, 0.4) is 0 Å². The van der Waals surface area contributed by atoms with Crippen LogP contribution in [0.1, 0.15) is 37.6 Å². The summed E-state index contributed by atoms with van der Waals surface area (Å²) in [5.41, 5.74) is 0.228.